The SMILES string of the molecule is CC(C)c1cc(=O)[nH]c(Nc2ccccc2)n1. The van der Waals surface area contributed by atoms with Crippen molar-refractivity contribution < 1.29 is 0 Å². The lowest BCUT2D eigenvalue weighted by molar-refractivity contribution is 0.812. The molecule has 1 aromatic heterocycles. The first-order valence-corrected chi connectivity index (χ1v) is 5.58. The molecule has 0 amide bonds. The Morgan fingerprint density at radius 2 is 1.94 bits per heavy atom. The number of H-pyrrole nitrogens is 1. The first-order chi connectivity index (χ1) is 8.15. The van der Waals surface area contributed by atoms with Crippen molar-refractivity contribution in [3.05, 3.63) is 52.4 Å². The molecule has 0 radical (unpaired) electrons. The van der Waals surface area contributed by atoms with Crippen molar-refractivity contribution in [2.75, 3.05) is 5.32 Å². The zero-order valence-electron chi connectivity index (χ0n) is 9.90. The van der Waals surface area contributed by atoms with Crippen LogP contribution in [0.4, 0.5) is 11.6 Å². The van der Waals surface area contributed by atoms with Crippen LogP contribution in [0.3, 0.4) is 0 Å². The van der Waals surface area contributed by atoms with Crippen LogP contribution in [0.15, 0.2) is 41.2 Å². The molecule has 4 nitrogen and oxygen atoms in total. The molecule has 1 aromatic carbocycles. The van der Waals surface area contributed by atoms with Crippen molar-refractivity contribution in [3.63, 3.8) is 0 Å². The molecule has 1 heterocycles. The first kappa shape index (κ1) is 11.4. The second kappa shape index (κ2) is 4.82. The van der Waals surface area contributed by atoms with Crippen molar-refractivity contribution >= 4 is 11.6 Å². The van der Waals surface area contributed by atoms with Crippen LogP contribution in [0, 0.1) is 0 Å². The fraction of sp³-hybridized carbons (Fsp3) is 0.231. The van der Waals surface area contributed by atoms with Gasteiger partial charge in [-0.3, -0.25) is 9.78 Å². The molecule has 17 heavy (non-hydrogen) atoms. The molecule has 2 aromatic rings. The van der Waals surface area contributed by atoms with Gasteiger partial charge in [0, 0.05) is 11.8 Å². The smallest absolute Gasteiger partial charge is 0.252 e. The highest BCUT2D eigenvalue weighted by molar-refractivity contribution is 5.52. The molecule has 0 saturated heterocycles. The zero-order valence-corrected chi connectivity index (χ0v) is 9.90. The molecule has 0 aliphatic carbocycles. The third kappa shape index (κ3) is 2.93. The summed E-state index contributed by atoms with van der Waals surface area (Å²) in [7, 11) is 0. The number of nitrogens with one attached hydrogen (secondary N) is 2. The van der Waals surface area contributed by atoms with Gasteiger partial charge in [0.15, 0.2) is 0 Å². The van der Waals surface area contributed by atoms with Crippen molar-refractivity contribution in [2.24, 2.45) is 0 Å². The summed E-state index contributed by atoms with van der Waals surface area (Å²) >= 11 is 0. The van der Waals surface area contributed by atoms with Gasteiger partial charge in [-0.15, -0.1) is 0 Å². The van der Waals surface area contributed by atoms with Crippen LogP contribution in [-0.2, 0) is 0 Å². The van der Waals surface area contributed by atoms with Gasteiger partial charge in [-0.1, -0.05) is 32.0 Å². The molecular weight excluding hydrogens is 214 g/mol. The van der Waals surface area contributed by atoms with E-state index in [1.165, 1.54) is 6.07 Å². The fourth-order valence-corrected chi connectivity index (χ4v) is 1.49. The Bertz CT molecular complexity index is 546. The number of hydrogen-bond acceptors (Lipinski definition) is 3. The topological polar surface area (TPSA) is 57.8 Å². The van der Waals surface area contributed by atoms with Gasteiger partial charge in [0.2, 0.25) is 5.95 Å². The molecule has 2 N–H and O–H groups in total. The molecule has 2 rings (SSSR count). The van der Waals surface area contributed by atoms with Gasteiger partial charge in [0.1, 0.15) is 0 Å². The molecule has 0 aliphatic rings. The highest BCUT2D eigenvalue weighted by Crippen LogP contribution is 2.14. The summed E-state index contributed by atoms with van der Waals surface area (Å²) < 4.78 is 0. The summed E-state index contributed by atoms with van der Waals surface area (Å²) in [5, 5.41) is 3.07. The predicted molar refractivity (Wildman–Crippen MR) is 68.7 cm³/mol. The highest BCUT2D eigenvalue weighted by atomic mass is 16.1. The van der Waals surface area contributed by atoms with E-state index < -0.39 is 0 Å². The zero-order chi connectivity index (χ0) is 12.3. The number of anilines is 2. The Morgan fingerprint density at radius 3 is 2.59 bits per heavy atom. The summed E-state index contributed by atoms with van der Waals surface area (Å²) in [5.74, 6) is 0.709. The van der Waals surface area contributed by atoms with E-state index in [0.717, 1.165) is 11.4 Å². The maximum absolute atomic E-state index is 11.5. The van der Waals surface area contributed by atoms with Crippen LogP contribution < -0.4 is 10.9 Å². The maximum atomic E-state index is 11.5. The van der Waals surface area contributed by atoms with Crippen LogP contribution in [0.1, 0.15) is 25.5 Å². The third-order valence-corrected chi connectivity index (χ3v) is 2.39. The molecule has 0 saturated carbocycles. The second-order valence-electron chi connectivity index (χ2n) is 4.16. The number of aromatic nitrogens is 2. The normalized spacial score (nSPS) is 10.5. The number of para-hydroxylation sites is 1. The lowest BCUT2D eigenvalue weighted by Crippen LogP contribution is -2.12. The van der Waals surface area contributed by atoms with Crippen LogP contribution in [-0.4, -0.2) is 9.97 Å². The van der Waals surface area contributed by atoms with Gasteiger partial charge in [-0.05, 0) is 18.1 Å². The first-order valence-electron chi connectivity index (χ1n) is 5.58. The lowest BCUT2D eigenvalue weighted by Gasteiger charge is -2.08. The number of benzene rings is 1. The molecule has 4 heteroatoms. The fourth-order valence-electron chi connectivity index (χ4n) is 1.49. The number of aromatic amines is 1. The van der Waals surface area contributed by atoms with Gasteiger partial charge in [0.25, 0.3) is 5.56 Å². The Balaban J connectivity index is 2.30. The van der Waals surface area contributed by atoms with Gasteiger partial charge >= 0.3 is 0 Å². The molecule has 0 bridgehead atoms. The summed E-state index contributed by atoms with van der Waals surface area (Å²) in [6.07, 6.45) is 0. The second-order valence-corrected chi connectivity index (χ2v) is 4.16. The van der Waals surface area contributed by atoms with E-state index in [-0.39, 0.29) is 11.5 Å². The predicted octanol–water partition coefficient (Wildman–Crippen LogP) is 2.64. The van der Waals surface area contributed by atoms with Gasteiger partial charge in [-0.25, -0.2) is 4.98 Å². The van der Waals surface area contributed by atoms with Crippen molar-refractivity contribution in [2.45, 2.75) is 19.8 Å². The van der Waals surface area contributed by atoms with E-state index in [1.54, 1.807) is 0 Å². The molecule has 0 unspecified atom stereocenters. The standard InChI is InChI=1S/C13H15N3O/c1-9(2)11-8-12(17)16-13(15-11)14-10-6-4-3-5-7-10/h3-9H,1-2H3,(H2,14,15,16,17). The summed E-state index contributed by atoms with van der Waals surface area (Å²) in [5.41, 5.74) is 1.55. The maximum Gasteiger partial charge on any atom is 0.252 e. The minimum atomic E-state index is -0.137. The summed E-state index contributed by atoms with van der Waals surface area (Å²) in [4.78, 5) is 18.5. The number of rotatable bonds is 3. The lowest BCUT2D eigenvalue weighted by atomic mass is 10.1. The van der Waals surface area contributed by atoms with Crippen molar-refractivity contribution in [3.8, 4) is 0 Å². The monoisotopic (exact) mass is 229 g/mol. The van der Waals surface area contributed by atoms with Crippen LogP contribution >= 0.6 is 0 Å². The molecule has 0 aliphatic heterocycles. The van der Waals surface area contributed by atoms with Gasteiger partial charge in [0.05, 0.1) is 5.69 Å². The van der Waals surface area contributed by atoms with Crippen molar-refractivity contribution in [1.82, 2.24) is 9.97 Å². The Labute approximate surface area is 99.7 Å². The van der Waals surface area contributed by atoms with Crippen LogP contribution in [0.5, 0.6) is 0 Å². The van der Waals surface area contributed by atoms with Crippen molar-refractivity contribution in [1.29, 1.82) is 0 Å². The van der Waals surface area contributed by atoms with E-state index in [2.05, 4.69) is 15.3 Å². The summed E-state index contributed by atoms with van der Waals surface area (Å²) in [6.45, 7) is 4.02. The Morgan fingerprint density at radius 1 is 1.24 bits per heavy atom. The highest BCUT2D eigenvalue weighted by Gasteiger charge is 2.04. The molecule has 0 atom stereocenters. The molecule has 88 valence electrons. The summed E-state index contributed by atoms with van der Waals surface area (Å²) in [6, 6.07) is 11.1. The van der Waals surface area contributed by atoms with E-state index in [4.69, 9.17) is 0 Å². The van der Waals surface area contributed by atoms with E-state index in [0.29, 0.717) is 5.95 Å². The number of nitrogens with zero attached hydrogens (tertiary/aromatic N) is 1. The van der Waals surface area contributed by atoms with Crippen LogP contribution in [0.25, 0.3) is 0 Å². The Hall–Kier alpha value is -2.10. The molecular formula is C13H15N3O. The van der Waals surface area contributed by atoms with E-state index in [9.17, 15) is 4.79 Å². The van der Waals surface area contributed by atoms with Gasteiger partial charge in [-0.2, -0.15) is 0 Å². The Kier molecular flexibility index (Phi) is 3.23. The largest absolute Gasteiger partial charge is 0.326 e. The number of hydrogen-bond donors (Lipinski definition) is 2. The van der Waals surface area contributed by atoms with E-state index in [1.807, 2.05) is 44.2 Å². The van der Waals surface area contributed by atoms with E-state index >= 15 is 0 Å². The van der Waals surface area contributed by atoms with Crippen LogP contribution in [0.2, 0.25) is 0 Å². The third-order valence-electron chi connectivity index (χ3n) is 2.39. The molecule has 0 fully saturated rings. The minimum Gasteiger partial charge on any atom is -0.326 e. The van der Waals surface area contributed by atoms with Gasteiger partial charge < -0.3 is 5.32 Å². The quantitative estimate of drug-likeness (QED) is 0.850. The average molecular weight is 229 g/mol. The average Bonchev–Trinajstić information content (AvgIpc) is 2.29. The minimum absolute atomic E-state index is 0.137. The molecule has 0 spiro atoms.